The van der Waals surface area contributed by atoms with Gasteiger partial charge in [0.2, 0.25) is 12.2 Å². The summed E-state index contributed by atoms with van der Waals surface area (Å²) in [6, 6.07) is 6.39. The number of anilines is 1. The maximum absolute atomic E-state index is 13.6. The highest BCUT2D eigenvalue weighted by molar-refractivity contribution is 5.92. The number of rotatable bonds is 12. The largest absolute Gasteiger partial charge is 0.481 e. The molecule has 8 rings (SSSR count). The first-order valence-electron chi connectivity index (χ1n) is 19.4. The van der Waals surface area contributed by atoms with Crippen LogP contribution in [0.15, 0.2) is 41.4 Å². The van der Waals surface area contributed by atoms with Crippen LogP contribution in [0, 0.1) is 0 Å². The van der Waals surface area contributed by atoms with Crippen LogP contribution in [0.25, 0.3) is 23.5 Å². The monoisotopic (exact) mass is 849 g/mol. The summed E-state index contributed by atoms with van der Waals surface area (Å²) >= 11 is 0. The van der Waals surface area contributed by atoms with Gasteiger partial charge in [-0.15, -0.1) is 0 Å². The highest BCUT2D eigenvalue weighted by atomic mass is 16.8. The summed E-state index contributed by atoms with van der Waals surface area (Å²) in [5.74, 6) is -1.20. The van der Waals surface area contributed by atoms with E-state index in [1.807, 2.05) is 13.8 Å². The number of nitrogens with one attached hydrogen (secondary N) is 3. The third-order valence-electron chi connectivity index (χ3n) is 9.73. The zero-order chi connectivity index (χ0) is 44.0. The molecular weight excluding hydrogens is 802 g/mol. The summed E-state index contributed by atoms with van der Waals surface area (Å²) in [5, 5.41) is 36.9. The number of carboxylic acid groups (broad SMARTS) is 1. The number of aliphatic carboxylic acids is 1. The summed E-state index contributed by atoms with van der Waals surface area (Å²) in [6.45, 7) is 9.31. The second-order valence-electron chi connectivity index (χ2n) is 13.8. The Kier molecular flexibility index (Phi) is 14.2. The molecule has 5 unspecified atom stereocenters. The first-order valence-corrected chi connectivity index (χ1v) is 19.4. The molecule has 61 heavy (non-hydrogen) atoms. The molecule has 2 aromatic heterocycles. The van der Waals surface area contributed by atoms with Gasteiger partial charge in [-0.05, 0) is 48.5 Å². The average molecular weight is 850 g/mol. The fourth-order valence-corrected chi connectivity index (χ4v) is 6.84. The Morgan fingerprint density at radius 2 is 1.85 bits per heavy atom. The molecule has 2 amide bonds. The number of hydrogen-bond donors (Lipinski definition) is 6. The molecule has 326 valence electrons. The number of nitrogens with zero attached hydrogens (tertiary/aromatic N) is 2. The molecule has 5 atom stereocenters. The average Bonchev–Trinajstić information content (AvgIpc) is 3.48. The predicted molar refractivity (Wildman–Crippen MR) is 213 cm³/mol. The normalized spacial score (nSPS) is 21.7. The van der Waals surface area contributed by atoms with Gasteiger partial charge in [-0.3, -0.25) is 14.4 Å². The molecule has 7 heterocycles. The van der Waals surface area contributed by atoms with Gasteiger partial charge in [-0.25, -0.2) is 14.6 Å². The van der Waals surface area contributed by atoms with E-state index in [4.69, 9.17) is 48.0 Å². The summed E-state index contributed by atoms with van der Waals surface area (Å²) in [6.07, 6.45) is -1.91. The molecule has 0 radical (unpaired) electrons. The summed E-state index contributed by atoms with van der Waals surface area (Å²) in [5.41, 5.74) is 3.74. The number of esters is 1. The quantitative estimate of drug-likeness (QED) is 0.0882. The molecule has 20 heteroatoms. The van der Waals surface area contributed by atoms with Gasteiger partial charge < -0.3 is 69.0 Å². The lowest BCUT2D eigenvalue weighted by Gasteiger charge is -2.21. The molecular formula is C41H47N5O15. The minimum absolute atomic E-state index is 0.0634. The van der Waals surface area contributed by atoms with Crippen molar-refractivity contribution in [2.45, 2.75) is 84.4 Å². The zero-order valence-corrected chi connectivity index (χ0v) is 33.8. The Bertz CT molecular complexity index is 2280. The molecule has 0 bridgehead atoms. The number of carbonyl (C=O) groups excluding carboxylic acids is 3. The standard InChI is InChI=1S/C37H37N5O13.C2H4O2.C2H6/c1-3-24-19(9-18-14-49-16-52-18)21(22-12-42-26(29(22)41-24)10-20-23(33(42)46)15-50-34(47)30(20)44)11-39-37(48)51-13-17-4-5-27(25(8-17)40-28(43)6-7-38-2)53-35-31(45)32-36(54-32)55-35;1-2(3)4;1-2/h3-5,8-10,30-32,35-36,38,44-45H,1,6-7,11-16H2,2H3,(H,39,48)(H,40,43);1H3,(H,3,4);1-2H3/b18-9+;;. The van der Waals surface area contributed by atoms with Gasteiger partial charge in [0.05, 0.1) is 34.9 Å². The van der Waals surface area contributed by atoms with Crippen molar-refractivity contribution in [2.24, 2.45) is 0 Å². The number of aliphatic hydroxyl groups excluding tert-OH is 2. The fraction of sp³-hybridized carbons (Fsp3) is 0.415. The van der Waals surface area contributed by atoms with Crippen molar-refractivity contribution in [1.82, 2.24) is 20.2 Å². The number of aromatic nitrogens is 2. The number of alkyl carbamates (subject to hydrolysis) is 1. The number of carboxylic acids is 1. The maximum Gasteiger partial charge on any atom is 0.407 e. The lowest BCUT2D eigenvalue weighted by atomic mass is 9.96. The lowest BCUT2D eigenvalue weighted by molar-refractivity contribution is -0.158. The Morgan fingerprint density at radius 1 is 1.08 bits per heavy atom. The van der Waals surface area contributed by atoms with Crippen LogP contribution >= 0.6 is 0 Å². The number of hydrogen-bond acceptors (Lipinski definition) is 16. The van der Waals surface area contributed by atoms with Gasteiger partial charge in [0, 0.05) is 43.1 Å². The third-order valence-corrected chi connectivity index (χ3v) is 9.73. The van der Waals surface area contributed by atoms with Crippen molar-refractivity contribution in [3.8, 4) is 17.1 Å². The van der Waals surface area contributed by atoms with Crippen molar-refractivity contribution in [2.75, 3.05) is 32.3 Å². The van der Waals surface area contributed by atoms with Crippen molar-refractivity contribution in [1.29, 1.82) is 0 Å². The molecule has 1 aromatic carbocycles. The number of carbonyl (C=O) groups is 4. The van der Waals surface area contributed by atoms with Crippen molar-refractivity contribution >= 4 is 41.8 Å². The summed E-state index contributed by atoms with van der Waals surface area (Å²) in [4.78, 5) is 65.5. The summed E-state index contributed by atoms with van der Waals surface area (Å²) < 4.78 is 39.6. The number of pyridine rings is 2. The van der Waals surface area contributed by atoms with Gasteiger partial charge in [0.25, 0.3) is 11.5 Å². The molecule has 0 aliphatic carbocycles. The highest BCUT2D eigenvalue weighted by Gasteiger charge is 2.58. The second kappa shape index (κ2) is 19.5. The number of amides is 2. The van der Waals surface area contributed by atoms with Crippen LogP contribution in [0.1, 0.15) is 72.4 Å². The topological polar surface area (TPSA) is 268 Å². The van der Waals surface area contributed by atoms with E-state index < -0.39 is 54.5 Å². The van der Waals surface area contributed by atoms with E-state index in [9.17, 15) is 29.4 Å². The molecule has 3 aromatic rings. The maximum atomic E-state index is 13.6. The Balaban J connectivity index is 0.000000981. The van der Waals surface area contributed by atoms with Crippen molar-refractivity contribution in [3.05, 3.63) is 86.0 Å². The van der Waals surface area contributed by atoms with E-state index in [1.54, 1.807) is 37.4 Å². The number of ether oxygens (including phenoxy) is 7. The minimum atomic E-state index is -1.62. The van der Waals surface area contributed by atoms with Crippen LogP contribution in [-0.2, 0) is 69.1 Å². The molecule has 0 saturated carbocycles. The smallest absolute Gasteiger partial charge is 0.407 e. The van der Waals surface area contributed by atoms with E-state index in [1.165, 1.54) is 10.6 Å². The van der Waals surface area contributed by atoms with E-state index in [2.05, 4.69) is 22.5 Å². The molecule has 3 saturated heterocycles. The van der Waals surface area contributed by atoms with Crippen LogP contribution in [0.5, 0.6) is 5.75 Å². The Labute approximate surface area is 349 Å². The number of cyclic esters (lactones) is 1. The Hall–Kier alpha value is -6.16. The molecule has 0 spiro atoms. The first kappa shape index (κ1) is 44.4. The van der Waals surface area contributed by atoms with Crippen molar-refractivity contribution < 1.29 is 67.7 Å². The van der Waals surface area contributed by atoms with Crippen molar-refractivity contribution in [3.63, 3.8) is 0 Å². The van der Waals surface area contributed by atoms with E-state index in [0.29, 0.717) is 57.3 Å². The van der Waals surface area contributed by atoms with E-state index in [-0.39, 0.29) is 68.9 Å². The van der Waals surface area contributed by atoms with Crippen LogP contribution in [0.3, 0.4) is 0 Å². The molecule has 5 aliphatic heterocycles. The van der Waals surface area contributed by atoms with Crippen LogP contribution in [0.2, 0.25) is 0 Å². The van der Waals surface area contributed by atoms with E-state index >= 15 is 0 Å². The highest BCUT2D eigenvalue weighted by Crippen LogP contribution is 2.40. The van der Waals surface area contributed by atoms with Crippen LogP contribution < -0.4 is 26.2 Å². The number of fused-ring (bicyclic) bond motifs is 5. The molecule has 3 fully saturated rings. The Morgan fingerprint density at radius 3 is 2.52 bits per heavy atom. The molecule has 20 nitrogen and oxygen atoms in total. The third kappa shape index (κ3) is 9.91. The zero-order valence-electron chi connectivity index (χ0n) is 33.8. The lowest BCUT2D eigenvalue weighted by Crippen LogP contribution is -2.33. The van der Waals surface area contributed by atoms with Gasteiger partial charge >= 0.3 is 12.1 Å². The fourth-order valence-electron chi connectivity index (χ4n) is 6.84. The SMILES string of the molecule is C=Cc1nc2c(c(CNC(=O)OCc3ccc(OC4OC5OC5C4O)c(NC(=O)CCNC)c3)c1/C=C1\COCO1)Cn1c-2cc2c(c1=O)COC(=O)C2O.CC.CC(=O)O. The predicted octanol–water partition coefficient (Wildman–Crippen LogP) is 2.26. The van der Waals surface area contributed by atoms with Crippen LogP contribution in [0.4, 0.5) is 10.5 Å². The van der Waals surface area contributed by atoms with E-state index in [0.717, 1.165) is 6.92 Å². The van der Waals surface area contributed by atoms with Gasteiger partial charge in [0.1, 0.15) is 43.5 Å². The van der Waals surface area contributed by atoms with Gasteiger partial charge in [0.15, 0.2) is 19.2 Å². The number of aliphatic hydroxyl groups is 2. The first-order chi connectivity index (χ1) is 29.4. The summed E-state index contributed by atoms with van der Waals surface area (Å²) in [7, 11) is 1.73. The molecule has 6 N–H and O–H groups in total. The van der Waals surface area contributed by atoms with Crippen LogP contribution in [-0.4, -0.2) is 101 Å². The molecule has 5 aliphatic rings. The second-order valence-corrected chi connectivity index (χ2v) is 13.8. The number of epoxide rings is 1. The minimum Gasteiger partial charge on any atom is -0.481 e. The number of benzene rings is 1. The van der Waals surface area contributed by atoms with Gasteiger partial charge in [-0.1, -0.05) is 26.5 Å². The van der Waals surface area contributed by atoms with Gasteiger partial charge in [-0.2, -0.15) is 0 Å².